The van der Waals surface area contributed by atoms with Crippen molar-refractivity contribution in [1.82, 2.24) is 19.3 Å². The smallest absolute Gasteiger partial charge is 0.497 e. The fourth-order valence-electron chi connectivity index (χ4n) is 5.43. The average Bonchev–Trinajstić information content (AvgIpc) is 3.39. The quantitative estimate of drug-likeness (QED) is 0.223. The number of ether oxygens (including phenoxy) is 4. The lowest BCUT2D eigenvalue weighted by Gasteiger charge is -2.36. The molecule has 10 heteroatoms. The first-order chi connectivity index (χ1) is 20.9. The van der Waals surface area contributed by atoms with Crippen molar-refractivity contribution in [2.45, 2.75) is 38.3 Å². The Bertz CT molecular complexity index is 1460. The van der Waals surface area contributed by atoms with Crippen LogP contribution in [-0.2, 0) is 27.2 Å². The predicted molar refractivity (Wildman–Crippen MR) is 163 cm³/mol. The summed E-state index contributed by atoms with van der Waals surface area (Å²) in [6, 6.07) is 16.0. The Morgan fingerprint density at radius 2 is 1.81 bits per heavy atom. The van der Waals surface area contributed by atoms with E-state index in [-0.39, 0.29) is 6.10 Å². The first-order valence-corrected chi connectivity index (χ1v) is 14.6. The molecular weight excluding hydrogens is 548 g/mol. The van der Waals surface area contributed by atoms with Gasteiger partial charge in [0.25, 0.3) is 0 Å². The van der Waals surface area contributed by atoms with Gasteiger partial charge in [0.2, 0.25) is 6.79 Å². The molecule has 2 aromatic carbocycles. The number of hydrogen-bond acceptors (Lipinski definition) is 9. The molecule has 1 aromatic heterocycles. The van der Waals surface area contributed by atoms with Crippen LogP contribution in [0.1, 0.15) is 30.4 Å². The maximum absolute atomic E-state index is 12.9. The van der Waals surface area contributed by atoms with Crippen molar-refractivity contribution in [3.63, 3.8) is 0 Å². The van der Waals surface area contributed by atoms with E-state index in [4.69, 9.17) is 18.9 Å². The number of benzene rings is 2. The number of piperidine rings is 1. The van der Waals surface area contributed by atoms with Gasteiger partial charge in [0.1, 0.15) is 11.9 Å². The molecule has 0 aliphatic carbocycles. The normalized spacial score (nSPS) is 15.5. The van der Waals surface area contributed by atoms with Gasteiger partial charge in [-0.25, -0.2) is 9.59 Å². The third kappa shape index (κ3) is 7.90. The van der Waals surface area contributed by atoms with Crippen LogP contribution >= 0.6 is 0 Å². The predicted octanol–water partition coefficient (Wildman–Crippen LogP) is 5.57. The van der Waals surface area contributed by atoms with E-state index in [1.165, 1.54) is 15.8 Å². The summed E-state index contributed by atoms with van der Waals surface area (Å²) in [5.41, 5.74) is 4.19. The Morgan fingerprint density at radius 3 is 2.56 bits per heavy atom. The zero-order chi connectivity index (χ0) is 30.2. The van der Waals surface area contributed by atoms with Gasteiger partial charge in [-0.3, -0.25) is 4.57 Å². The molecule has 0 unspecified atom stereocenters. The highest BCUT2D eigenvalue weighted by molar-refractivity contribution is 5.92. The van der Waals surface area contributed by atoms with Crippen LogP contribution in [0.4, 0.5) is 9.59 Å². The molecule has 3 heterocycles. The highest BCUT2D eigenvalue weighted by atomic mass is 16.8. The van der Waals surface area contributed by atoms with E-state index in [0.29, 0.717) is 24.1 Å². The average molecular weight is 589 g/mol. The van der Waals surface area contributed by atoms with Crippen molar-refractivity contribution in [1.29, 1.82) is 0 Å². The van der Waals surface area contributed by atoms with E-state index in [1.807, 2.05) is 32.3 Å². The summed E-state index contributed by atoms with van der Waals surface area (Å²) in [5, 5.41) is 0.940. The number of nitrogens with zero attached hydrogens (tertiary/aromatic N) is 4. The standard InChI is InChI=1S/C33H40N4O6/c1-34(2)17-13-26-22-37(31-20-29(40-3)11-12-30(26)31)32(38)41-24-42-33(39)43-28-14-18-36(19-15-28)27-10-7-16-35(23-27)21-25-8-5-4-6-9-25/h4-9,11-12,16,20,22-23,28H,10,13-15,17-19,21,24H2,1-3H3. The largest absolute Gasteiger partial charge is 0.511 e. The van der Waals surface area contributed by atoms with Gasteiger partial charge in [-0.1, -0.05) is 36.4 Å². The molecule has 0 atom stereocenters. The number of fused-ring (bicyclic) bond motifs is 1. The second kappa shape index (κ2) is 14.2. The van der Waals surface area contributed by atoms with Gasteiger partial charge in [0.15, 0.2) is 0 Å². The van der Waals surface area contributed by atoms with Gasteiger partial charge in [-0.05, 0) is 43.8 Å². The molecule has 0 N–H and O–H groups in total. The molecule has 0 radical (unpaired) electrons. The van der Waals surface area contributed by atoms with Crippen LogP contribution in [0, 0.1) is 0 Å². The highest BCUT2D eigenvalue weighted by Crippen LogP contribution is 2.27. The van der Waals surface area contributed by atoms with Crippen molar-refractivity contribution in [3.05, 3.63) is 90.0 Å². The van der Waals surface area contributed by atoms with Gasteiger partial charge in [-0.15, -0.1) is 0 Å². The van der Waals surface area contributed by atoms with Crippen LogP contribution in [0.5, 0.6) is 5.75 Å². The number of likely N-dealkylation sites (tertiary alicyclic amines) is 1. The minimum atomic E-state index is -0.842. The third-order valence-electron chi connectivity index (χ3n) is 7.74. The molecule has 0 amide bonds. The minimum absolute atomic E-state index is 0.250. The lowest BCUT2D eigenvalue weighted by molar-refractivity contribution is -0.0383. The maximum atomic E-state index is 12.9. The van der Waals surface area contributed by atoms with E-state index < -0.39 is 19.0 Å². The maximum Gasteiger partial charge on any atom is 0.511 e. The zero-order valence-corrected chi connectivity index (χ0v) is 25.1. The number of allylic oxidation sites excluding steroid dienone is 1. The van der Waals surface area contributed by atoms with Crippen molar-refractivity contribution in [2.24, 2.45) is 0 Å². The summed E-state index contributed by atoms with van der Waals surface area (Å²) in [7, 11) is 5.58. The van der Waals surface area contributed by atoms with E-state index in [1.54, 1.807) is 19.4 Å². The summed E-state index contributed by atoms with van der Waals surface area (Å²) in [5.74, 6) is 0.630. The zero-order valence-electron chi connectivity index (χ0n) is 25.1. The van der Waals surface area contributed by atoms with Crippen molar-refractivity contribution >= 4 is 23.2 Å². The fraction of sp³-hybridized carbons (Fsp3) is 0.394. The summed E-state index contributed by atoms with van der Waals surface area (Å²) in [6.07, 6.45) is 9.56. The lowest BCUT2D eigenvalue weighted by atomic mass is 10.1. The van der Waals surface area contributed by atoms with Gasteiger partial charge in [0.05, 0.1) is 12.6 Å². The molecule has 1 saturated heterocycles. The Kier molecular flexibility index (Phi) is 9.88. The molecule has 0 saturated carbocycles. The van der Waals surface area contributed by atoms with Crippen LogP contribution in [0.25, 0.3) is 10.9 Å². The molecule has 228 valence electrons. The van der Waals surface area contributed by atoms with Crippen LogP contribution in [0.2, 0.25) is 0 Å². The summed E-state index contributed by atoms with van der Waals surface area (Å²) < 4.78 is 22.7. The molecule has 3 aromatic rings. The Hall–Kier alpha value is -4.44. The second-order valence-corrected chi connectivity index (χ2v) is 11.1. The monoisotopic (exact) mass is 588 g/mol. The number of aromatic nitrogens is 1. The van der Waals surface area contributed by atoms with Crippen LogP contribution in [0.15, 0.2) is 78.9 Å². The summed E-state index contributed by atoms with van der Waals surface area (Å²) in [6.45, 7) is 2.68. The molecule has 10 nitrogen and oxygen atoms in total. The van der Waals surface area contributed by atoms with Gasteiger partial charge >= 0.3 is 12.2 Å². The summed E-state index contributed by atoms with van der Waals surface area (Å²) in [4.78, 5) is 31.9. The van der Waals surface area contributed by atoms with Crippen LogP contribution in [-0.4, -0.2) is 85.3 Å². The van der Waals surface area contributed by atoms with E-state index in [9.17, 15) is 9.59 Å². The Labute approximate surface area is 252 Å². The third-order valence-corrected chi connectivity index (χ3v) is 7.74. The SMILES string of the molecule is COc1ccc2c(CCN(C)C)cn(C(=O)OCOC(=O)OC3CCN(C4=CN(Cc5ccccc5)C=CC4)CC3)c2c1. The fourth-order valence-corrected chi connectivity index (χ4v) is 5.43. The Morgan fingerprint density at radius 1 is 1.02 bits per heavy atom. The van der Waals surface area contributed by atoms with Crippen molar-refractivity contribution < 1.29 is 28.5 Å². The molecule has 2 aliphatic heterocycles. The summed E-state index contributed by atoms with van der Waals surface area (Å²) >= 11 is 0. The number of carbonyl (C=O) groups excluding carboxylic acids is 2. The number of hydrogen-bond donors (Lipinski definition) is 0. The van der Waals surface area contributed by atoms with Crippen molar-refractivity contribution in [2.75, 3.05) is 47.6 Å². The second-order valence-electron chi connectivity index (χ2n) is 11.1. The van der Waals surface area contributed by atoms with Crippen molar-refractivity contribution in [3.8, 4) is 5.75 Å². The number of carbonyl (C=O) groups is 2. The minimum Gasteiger partial charge on any atom is -0.497 e. The molecular formula is C33H40N4O6. The van der Waals surface area contributed by atoms with Gasteiger partial charge < -0.3 is 33.6 Å². The molecule has 1 fully saturated rings. The highest BCUT2D eigenvalue weighted by Gasteiger charge is 2.25. The molecule has 0 bridgehead atoms. The molecule has 0 spiro atoms. The number of rotatable bonds is 10. The van der Waals surface area contributed by atoms with Gasteiger partial charge in [-0.2, -0.15) is 0 Å². The molecule has 2 aliphatic rings. The van der Waals surface area contributed by atoms with E-state index >= 15 is 0 Å². The molecule has 5 rings (SSSR count). The van der Waals surface area contributed by atoms with Gasteiger partial charge in [0, 0.05) is 81.2 Å². The lowest BCUT2D eigenvalue weighted by Crippen LogP contribution is -2.38. The van der Waals surface area contributed by atoms with Crippen LogP contribution in [0.3, 0.4) is 0 Å². The first kappa shape index (κ1) is 30.0. The first-order valence-electron chi connectivity index (χ1n) is 14.6. The molecule has 43 heavy (non-hydrogen) atoms. The Balaban J connectivity index is 1.08. The number of methoxy groups -OCH3 is 1. The topological polar surface area (TPSA) is 85.7 Å². The van der Waals surface area contributed by atoms with Crippen LogP contribution < -0.4 is 4.74 Å². The number of likely N-dealkylation sites (N-methyl/N-ethyl adjacent to an activating group) is 1. The van der Waals surface area contributed by atoms with E-state index in [0.717, 1.165) is 50.0 Å². The van der Waals surface area contributed by atoms with E-state index in [2.05, 4.69) is 57.4 Å².